The van der Waals surface area contributed by atoms with Crippen LogP contribution in [0.25, 0.3) is 0 Å². The third kappa shape index (κ3) is 4.14. The zero-order valence-electron chi connectivity index (χ0n) is 8.05. The molecule has 1 aromatic rings. The van der Waals surface area contributed by atoms with Crippen molar-refractivity contribution in [2.45, 2.75) is 18.2 Å². The van der Waals surface area contributed by atoms with E-state index in [0.29, 0.717) is 0 Å². The highest BCUT2D eigenvalue weighted by molar-refractivity contribution is 14.1. The van der Waals surface area contributed by atoms with E-state index in [9.17, 15) is 21.6 Å². The van der Waals surface area contributed by atoms with Crippen molar-refractivity contribution < 1.29 is 26.3 Å². The Hall–Kier alpha value is -0.290. The molecule has 0 fully saturated rings. The van der Waals surface area contributed by atoms with Gasteiger partial charge in [-0.15, -0.1) is 13.2 Å². The molecule has 1 aromatic heterocycles. The van der Waals surface area contributed by atoms with E-state index in [1.54, 1.807) is 0 Å². The van der Waals surface area contributed by atoms with Gasteiger partial charge < -0.3 is 4.74 Å². The van der Waals surface area contributed by atoms with Crippen LogP contribution < -0.4 is 4.74 Å². The van der Waals surface area contributed by atoms with Crippen LogP contribution in [0.4, 0.5) is 13.2 Å². The van der Waals surface area contributed by atoms with Gasteiger partial charge in [0.2, 0.25) is 5.88 Å². The lowest BCUT2D eigenvalue weighted by Crippen LogP contribution is -2.18. The number of halogens is 5. The standard InChI is InChI=1S/C7H4ClF3INO3S/c1-3-2-4(16-7(9,10)11)13-6(12)5(3)17(8,14)15/h2H,1H3. The molecule has 0 radical (unpaired) electrons. The minimum absolute atomic E-state index is 0.0265. The van der Waals surface area contributed by atoms with E-state index in [1.807, 2.05) is 0 Å². The molecular weight excluding hydrogens is 397 g/mol. The van der Waals surface area contributed by atoms with Gasteiger partial charge in [-0.05, 0) is 35.1 Å². The monoisotopic (exact) mass is 401 g/mol. The summed E-state index contributed by atoms with van der Waals surface area (Å²) in [7, 11) is 1.06. The third-order valence-corrected chi connectivity index (χ3v) is 4.17. The minimum Gasteiger partial charge on any atom is -0.388 e. The van der Waals surface area contributed by atoms with Crippen molar-refractivity contribution in [2.75, 3.05) is 0 Å². The van der Waals surface area contributed by atoms with Gasteiger partial charge in [0.25, 0.3) is 9.05 Å². The zero-order chi connectivity index (χ0) is 13.4. The summed E-state index contributed by atoms with van der Waals surface area (Å²) in [5.74, 6) is -0.733. The Balaban J connectivity index is 3.29. The summed E-state index contributed by atoms with van der Waals surface area (Å²) in [5.41, 5.74) is 0.0265. The first-order valence-electron chi connectivity index (χ1n) is 3.88. The number of pyridine rings is 1. The average Bonchev–Trinajstić information content (AvgIpc) is 1.94. The van der Waals surface area contributed by atoms with Gasteiger partial charge in [0.1, 0.15) is 8.60 Å². The summed E-state index contributed by atoms with van der Waals surface area (Å²) >= 11 is 1.47. The molecule has 0 spiro atoms. The topological polar surface area (TPSA) is 56.3 Å². The van der Waals surface area contributed by atoms with E-state index in [-0.39, 0.29) is 14.2 Å². The van der Waals surface area contributed by atoms with Crippen LogP contribution in [0.2, 0.25) is 0 Å². The summed E-state index contributed by atoms with van der Waals surface area (Å²) in [6.07, 6.45) is -4.89. The van der Waals surface area contributed by atoms with Crippen molar-refractivity contribution >= 4 is 42.3 Å². The van der Waals surface area contributed by atoms with Crippen molar-refractivity contribution in [3.63, 3.8) is 0 Å². The number of rotatable bonds is 2. The quantitative estimate of drug-likeness (QED) is 0.434. The highest BCUT2D eigenvalue weighted by Gasteiger charge is 2.32. The molecule has 0 saturated carbocycles. The molecule has 10 heteroatoms. The maximum absolute atomic E-state index is 11.9. The molecule has 1 rings (SSSR count). The largest absolute Gasteiger partial charge is 0.574 e. The first kappa shape index (κ1) is 14.8. The highest BCUT2D eigenvalue weighted by atomic mass is 127. The number of hydrogen-bond donors (Lipinski definition) is 0. The Labute approximate surface area is 113 Å². The van der Waals surface area contributed by atoms with E-state index >= 15 is 0 Å². The van der Waals surface area contributed by atoms with Crippen molar-refractivity contribution in [3.8, 4) is 5.88 Å². The first-order valence-corrected chi connectivity index (χ1v) is 7.27. The van der Waals surface area contributed by atoms with Gasteiger partial charge in [-0.3, -0.25) is 0 Å². The van der Waals surface area contributed by atoms with Crippen molar-refractivity contribution in [3.05, 3.63) is 15.3 Å². The lowest BCUT2D eigenvalue weighted by atomic mass is 10.3. The number of alkyl halides is 3. The van der Waals surface area contributed by atoms with E-state index in [4.69, 9.17) is 10.7 Å². The SMILES string of the molecule is Cc1cc(OC(F)(F)F)nc(I)c1S(=O)(=O)Cl. The van der Waals surface area contributed by atoms with Crippen LogP contribution in [-0.2, 0) is 9.05 Å². The van der Waals surface area contributed by atoms with Gasteiger partial charge in [0, 0.05) is 16.7 Å². The predicted molar refractivity (Wildman–Crippen MR) is 61.4 cm³/mol. The molecule has 0 aliphatic heterocycles. The molecule has 0 N–H and O–H groups in total. The first-order chi connectivity index (χ1) is 7.50. The second kappa shape index (κ2) is 4.76. The number of nitrogens with zero attached hydrogens (tertiary/aromatic N) is 1. The van der Waals surface area contributed by atoms with Crippen molar-refractivity contribution in [1.29, 1.82) is 0 Å². The van der Waals surface area contributed by atoms with Gasteiger partial charge >= 0.3 is 6.36 Å². The van der Waals surface area contributed by atoms with Gasteiger partial charge in [-0.1, -0.05) is 0 Å². The molecule has 0 unspecified atom stereocenters. The molecule has 0 aromatic carbocycles. The lowest BCUT2D eigenvalue weighted by molar-refractivity contribution is -0.276. The second-order valence-corrected chi connectivity index (χ2v) is 6.41. The molecule has 0 aliphatic rings. The molecular formula is C7H4ClF3INO3S. The van der Waals surface area contributed by atoms with Crippen LogP contribution >= 0.6 is 33.3 Å². The normalized spacial score (nSPS) is 12.6. The van der Waals surface area contributed by atoms with Crippen LogP contribution in [0.3, 0.4) is 0 Å². The molecule has 0 atom stereocenters. The fourth-order valence-electron chi connectivity index (χ4n) is 1.06. The van der Waals surface area contributed by atoms with E-state index < -0.39 is 21.3 Å². The number of aryl methyl sites for hydroxylation is 1. The van der Waals surface area contributed by atoms with Crippen LogP contribution in [0.1, 0.15) is 5.56 Å². The third-order valence-electron chi connectivity index (χ3n) is 1.56. The van der Waals surface area contributed by atoms with Gasteiger partial charge in [0.05, 0.1) is 0 Å². The van der Waals surface area contributed by atoms with Gasteiger partial charge in [-0.2, -0.15) is 0 Å². The molecule has 0 amide bonds. The summed E-state index contributed by atoms with van der Waals surface area (Å²) in [6, 6.07) is 0.852. The fourth-order valence-corrected chi connectivity index (χ4v) is 4.25. The highest BCUT2D eigenvalue weighted by Crippen LogP contribution is 2.29. The summed E-state index contributed by atoms with van der Waals surface area (Å²) in [4.78, 5) is 3.04. The zero-order valence-corrected chi connectivity index (χ0v) is 11.8. The maximum Gasteiger partial charge on any atom is 0.574 e. The summed E-state index contributed by atoms with van der Waals surface area (Å²) < 4.78 is 61.4. The molecule has 4 nitrogen and oxygen atoms in total. The maximum atomic E-state index is 11.9. The smallest absolute Gasteiger partial charge is 0.388 e. The van der Waals surface area contributed by atoms with E-state index in [1.165, 1.54) is 29.5 Å². The Morgan fingerprint density at radius 3 is 2.35 bits per heavy atom. The van der Waals surface area contributed by atoms with Crippen LogP contribution in [0, 0.1) is 10.6 Å². The van der Waals surface area contributed by atoms with Crippen LogP contribution in [0.5, 0.6) is 5.88 Å². The van der Waals surface area contributed by atoms with Gasteiger partial charge in [0.15, 0.2) is 0 Å². The fraction of sp³-hybridized carbons (Fsp3) is 0.286. The second-order valence-electron chi connectivity index (χ2n) is 2.88. The van der Waals surface area contributed by atoms with Crippen LogP contribution in [0.15, 0.2) is 11.0 Å². The minimum atomic E-state index is -4.89. The van der Waals surface area contributed by atoms with E-state index in [0.717, 1.165) is 6.07 Å². The Morgan fingerprint density at radius 1 is 1.47 bits per heavy atom. The number of aromatic nitrogens is 1. The molecule has 96 valence electrons. The predicted octanol–water partition coefficient (Wildman–Crippen LogP) is 2.82. The summed E-state index contributed by atoms with van der Waals surface area (Å²) in [6.45, 7) is 1.29. The average molecular weight is 402 g/mol. The molecule has 0 aliphatic carbocycles. The number of ether oxygens (including phenoxy) is 1. The number of hydrogen-bond acceptors (Lipinski definition) is 4. The molecule has 1 heterocycles. The Kier molecular flexibility index (Phi) is 4.14. The molecule has 0 bridgehead atoms. The van der Waals surface area contributed by atoms with Crippen LogP contribution in [-0.4, -0.2) is 19.8 Å². The van der Waals surface area contributed by atoms with Crippen molar-refractivity contribution in [1.82, 2.24) is 4.98 Å². The Morgan fingerprint density at radius 2 is 2.00 bits per heavy atom. The van der Waals surface area contributed by atoms with Crippen molar-refractivity contribution in [2.24, 2.45) is 0 Å². The summed E-state index contributed by atoms with van der Waals surface area (Å²) in [5, 5.41) is 0. The molecule has 17 heavy (non-hydrogen) atoms. The Bertz CT molecular complexity index is 523. The molecule has 0 saturated heterocycles. The van der Waals surface area contributed by atoms with Gasteiger partial charge in [-0.25, -0.2) is 13.4 Å². The lowest BCUT2D eigenvalue weighted by Gasteiger charge is -2.10. The van der Waals surface area contributed by atoms with E-state index in [2.05, 4.69) is 9.72 Å².